The molecule has 3 heteroatoms. The van der Waals surface area contributed by atoms with Gasteiger partial charge in [-0.3, -0.25) is 0 Å². The van der Waals surface area contributed by atoms with Crippen LogP contribution in [0.1, 0.15) is 29.2 Å². The van der Waals surface area contributed by atoms with Crippen molar-refractivity contribution < 1.29 is 8.78 Å². The number of benzene rings is 2. The molecule has 0 saturated heterocycles. The molecule has 0 heterocycles. The molecule has 0 aliphatic rings. The van der Waals surface area contributed by atoms with E-state index in [1.807, 2.05) is 6.92 Å². The van der Waals surface area contributed by atoms with Gasteiger partial charge in [0.2, 0.25) is 0 Å². The minimum absolute atomic E-state index is 0.00184. The van der Waals surface area contributed by atoms with Crippen molar-refractivity contribution in [2.45, 2.75) is 39.8 Å². The summed E-state index contributed by atoms with van der Waals surface area (Å²) in [6, 6.07) is 10.3. The second-order valence-electron chi connectivity index (χ2n) is 5.60. The molecular formula is C18H21F2N. The van der Waals surface area contributed by atoms with Gasteiger partial charge in [0.15, 0.2) is 0 Å². The monoisotopic (exact) mass is 289 g/mol. The van der Waals surface area contributed by atoms with E-state index in [1.54, 1.807) is 0 Å². The average Bonchev–Trinajstić information content (AvgIpc) is 2.44. The average molecular weight is 289 g/mol. The van der Waals surface area contributed by atoms with Gasteiger partial charge >= 0.3 is 0 Å². The normalized spacial score (nSPS) is 12.4. The quantitative estimate of drug-likeness (QED) is 0.865. The van der Waals surface area contributed by atoms with Gasteiger partial charge in [-0.05, 0) is 56.0 Å². The summed E-state index contributed by atoms with van der Waals surface area (Å²) < 4.78 is 27.2. The van der Waals surface area contributed by atoms with Crippen LogP contribution < -0.4 is 5.32 Å². The maximum atomic E-state index is 13.6. The summed E-state index contributed by atoms with van der Waals surface area (Å²) >= 11 is 0. The highest BCUT2D eigenvalue weighted by Crippen LogP contribution is 2.15. The second-order valence-corrected chi connectivity index (χ2v) is 5.60. The van der Waals surface area contributed by atoms with Crippen LogP contribution in [-0.4, -0.2) is 6.04 Å². The molecule has 1 unspecified atom stereocenters. The summed E-state index contributed by atoms with van der Waals surface area (Å²) in [4.78, 5) is 0. The van der Waals surface area contributed by atoms with Gasteiger partial charge in [-0.25, -0.2) is 8.78 Å². The lowest BCUT2D eigenvalue weighted by Crippen LogP contribution is -2.28. The summed E-state index contributed by atoms with van der Waals surface area (Å²) in [6.45, 7) is 6.79. The zero-order chi connectivity index (χ0) is 15.4. The molecule has 0 spiro atoms. The van der Waals surface area contributed by atoms with Gasteiger partial charge in [0.25, 0.3) is 0 Å². The van der Waals surface area contributed by atoms with Gasteiger partial charge < -0.3 is 5.32 Å². The van der Waals surface area contributed by atoms with E-state index < -0.39 is 11.6 Å². The largest absolute Gasteiger partial charge is 0.310 e. The van der Waals surface area contributed by atoms with Crippen molar-refractivity contribution >= 4 is 0 Å². The fraction of sp³-hybridized carbons (Fsp3) is 0.333. The van der Waals surface area contributed by atoms with Crippen LogP contribution in [0.5, 0.6) is 0 Å². The Morgan fingerprint density at radius 1 is 1.00 bits per heavy atom. The first kappa shape index (κ1) is 15.6. The highest BCUT2D eigenvalue weighted by Gasteiger charge is 2.12. The first-order valence-electron chi connectivity index (χ1n) is 7.19. The first-order chi connectivity index (χ1) is 9.97. The maximum Gasteiger partial charge on any atom is 0.129 e. The Balaban J connectivity index is 1.96. The molecule has 0 fully saturated rings. The summed E-state index contributed by atoms with van der Waals surface area (Å²) in [5, 5.41) is 3.32. The van der Waals surface area contributed by atoms with Crippen molar-refractivity contribution in [3.8, 4) is 0 Å². The summed E-state index contributed by atoms with van der Waals surface area (Å²) in [5.41, 5.74) is 3.85. The molecule has 2 rings (SSSR count). The van der Waals surface area contributed by atoms with Crippen LogP contribution in [0.25, 0.3) is 0 Å². The lowest BCUT2D eigenvalue weighted by Gasteiger charge is -2.15. The van der Waals surface area contributed by atoms with Gasteiger partial charge in [0, 0.05) is 18.2 Å². The van der Waals surface area contributed by atoms with E-state index in [1.165, 1.54) is 34.9 Å². The third-order valence-corrected chi connectivity index (χ3v) is 3.80. The molecule has 1 atom stereocenters. The summed E-state index contributed by atoms with van der Waals surface area (Å²) in [6.07, 6.45) is 0.337. The molecular weight excluding hydrogens is 268 g/mol. The van der Waals surface area contributed by atoms with E-state index in [9.17, 15) is 8.78 Å². The molecule has 0 aliphatic heterocycles. The number of rotatable bonds is 5. The van der Waals surface area contributed by atoms with Crippen LogP contribution in [-0.2, 0) is 13.0 Å². The smallest absolute Gasteiger partial charge is 0.129 e. The molecule has 2 aromatic rings. The van der Waals surface area contributed by atoms with E-state index in [0.717, 1.165) is 0 Å². The molecule has 0 aliphatic carbocycles. The predicted molar refractivity (Wildman–Crippen MR) is 82.3 cm³/mol. The number of hydrogen-bond donors (Lipinski definition) is 1. The molecule has 1 nitrogen and oxygen atoms in total. The standard InChI is InChI=1S/C18H21F2N/c1-12-7-8-15(9-13(12)2)11-21-14(3)10-16-17(19)5-4-6-18(16)20/h4-9,14,21H,10-11H2,1-3H3. The van der Waals surface area contributed by atoms with Gasteiger partial charge in [0.1, 0.15) is 11.6 Å². The number of hydrogen-bond acceptors (Lipinski definition) is 1. The van der Waals surface area contributed by atoms with Gasteiger partial charge in [-0.1, -0.05) is 24.3 Å². The summed E-state index contributed by atoms with van der Waals surface area (Å²) in [5.74, 6) is -0.954. The minimum Gasteiger partial charge on any atom is -0.310 e. The van der Waals surface area contributed by atoms with E-state index in [-0.39, 0.29) is 11.6 Å². The summed E-state index contributed by atoms with van der Waals surface area (Å²) in [7, 11) is 0. The van der Waals surface area contributed by atoms with E-state index in [0.29, 0.717) is 13.0 Å². The Labute approximate surface area is 125 Å². The Morgan fingerprint density at radius 3 is 2.29 bits per heavy atom. The minimum atomic E-state index is -0.477. The molecule has 0 radical (unpaired) electrons. The highest BCUT2D eigenvalue weighted by atomic mass is 19.1. The Kier molecular flexibility index (Phi) is 5.07. The predicted octanol–water partition coefficient (Wildman–Crippen LogP) is 4.30. The fourth-order valence-corrected chi connectivity index (χ4v) is 2.31. The maximum absolute atomic E-state index is 13.6. The fourth-order valence-electron chi connectivity index (χ4n) is 2.31. The van der Waals surface area contributed by atoms with Gasteiger partial charge in [0.05, 0.1) is 0 Å². The van der Waals surface area contributed by atoms with Crippen molar-refractivity contribution in [2.75, 3.05) is 0 Å². The van der Waals surface area contributed by atoms with E-state index in [2.05, 4.69) is 37.4 Å². The van der Waals surface area contributed by atoms with Crippen LogP contribution in [0.3, 0.4) is 0 Å². The zero-order valence-electron chi connectivity index (χ0n) is 12.7. The molecule has 1 N–H and O–H groups in total. The number of halogens is 2. The second kappa shape index (κ2) is 6.81. The van der Waals surface area contributed by atoms with Crippen LogP contribution in [0.15, 0.2) is 36.4 Å². The molecule has 0 saturated carbocycles. The van der Waals surface area contributed by atoms with Crippen molar-refractivity contribution in [3.05, 3.63) is 70.3 Å². The third kappa shape index (κ3) is 4.11. The van der Waals surface area contributed by atoms with Crippen molar-refractivity contribution in [3.63, 3.8) is 0 Å². The number of nitrogens with one attached hydrogen (secondary N) is 1. The molecule has 0 amide bonds. The molecule has 21 heavy (non-hydrogen) atoms. The van der Waals surface area contributed by atoms with Crippen LogP contribution in [0.4, 0.5) is 8.78 Å². The van der Waals surface area contributed by atoms with E-state index >= 15 is 0 Å². The molecule has 0 aromatic heterocycles. The van der Waals surface area contributed by atoms with Crippen LogP contribution >= 0.6 is 0 Å². The van der Waals surface area contributed by atoms with Gasteiger partial charge in [-0.15, -0.1) is 0 Å². The Bertz CT molecular complexity index is 602. The van der Waals surface area contributed by atoms with E-state index in [4.69, 9.17) is 0 Å². The van der Waals surface area contributed by atoms with Crippen molar-refractivity contribution in [1.29, 1.82) is 0 Å². The molecule has 2 aromatic carbocycles. The zero-order valence-corrected chi connectivity index (χ0v) is 12.7. The SMILES string of the molecule is Cc1ccc(CNC(C)Cc2c(F)cccc2F)cc1C. The Hall–Kier alpha value is -1.74. The highest BCUT2D eigenvalue weighted by molar-refractivity contribution is 5.30. The van der Waals surface area contributed by atoms with Crippen molar-refractivity contribution in [2.24, 2.45) is 0 Å². The lowest BCUT2D eigenvalue weighted by molar-refractivity contribution is 0.499. The molecule has 0 bridgehead atoms. The first-order valence-corrected chi connectivity index (χ1v) is 7.19. The molecule has 112 valence electrons. The lowest BCUT2D eigenvalue weighted by atomic mass is 10.0. The van der Waals surface area contributed by atoms with Crippen LogP contribution in [0.2, 0.25) is 0 Å². The van der Waals surface area contributed by atoms with Crippen molar-refractivity contribution in [1.82, 2.24) is 5.32 Å². The Morgan fingerprint density at radius 2 is 1.67 bits per heavy atom. The number of aryl methyl sites for hydroxylation is 2. The topological polar surface area (TPSA) is 12.0 Å². The van der Waals surface area contributed by atoms with Crippen LogP contribution in [0, 0.1) is 25.5 Å². The van der Waals surface area contributed by atoms with Gasteiger partial charge in [-0.2, -0.15) is 0 Å². The third-order valence-electron chi connectivity index (χ3n) is 3.80.